The molecular formula is C51H79N12O16PS2. The van der Waals surface area contributed by atoms with Crippen LogP contribution < -0.4 is 58.5 Å². The number of nitrogens with two attached hydrogens (primary N) is 2. The van der Waals surface area contributed by atoms with Crippen LogP contribution in [0.15, 0.2) is 24.3 Å². The number of aliphatic carboxylic acids is 1. The Morgan fingerprint density at radius 2 is 1.17 bits per heavy atom. The molecule has 0 radical (unpaired) electrons. The third-order valence-corrected chi connectivity index (χ3v) is 14.7. The number of hydrogen-bond donors (Lipinski definition) is 13. The number of hydrogen-bond acceptors (Lipinski definition) is 15. The zero-order chi connectivity index (χ0) is 61.8. The van der Waals surface area contributed by atoms with E-state index in [0.717, 1.165) is 6.92 Å². The summed E-state index contributed by atoms with van der Waals surface area (Å²) in [5.74, 6) is -12.8. The summed E-state index contributed by atoms with van der Waals surface area (Å²) in [6.45, 7) is 11.0. The van der Waals surface area contributed by atoms with Gasteiger partial charge in [0.25, 0.3) is 5.69 Å². The molecule has 1 unspecified atom stereocenters. The lowest BCUT2D eigenvalue weighted by Crippen LogP contribution is -2.62. The maximum Gasteiger partial charge on any atom is 0.305 e. The number of carboxylic acid groups (broad SMARTS) is 1. The number of carbonyl (C=O) groups is 13. The van der Waals surface area contributed by atoms with Gasteiger partial charge in [0.2, 0.25) is 70.9 Å². The van der Waals surface area contributed by atoms with E-state index < -0.39 is 169 Å². The van der Waals surface area contributed by atoms with Gasteiger partial charge >= 0.3 is 5.97 Å². The molecule has 0 spiro atoms. The van der Waals surface area contributed by atoms with E-state index in [0.29, 0.717) is 31.2 Å². The summed E-state index contributed by atoms with van der Waals surface area (Å²) < 4.78 is 5.29. The van der Waals surface area contributed by atoms with Crippen molar-refractivity contribution in [2.75, 3.05) is 26.2 Å². The largest absolute Gasteiger partial charge is 0.481 e. The molecule has 31 heteroatoms. The molecule has 2 saturated heterocycles. The molecule has 456 valence electrons. The molecule has 82 heavy (non-hydrogen) atoms. The van der Waals surface area contributed by atoms with Crippen LogP contribution in [0.25, 0.3) is 0 Å². The SMILES string of the molecule is CC[C@H](C)[C@H](NC(=O)[C@H](Cc1ccc(OP(O)(=S)S)cc1)NC(=O)[C@H](CC(=O)O)NC(=O)[C@H](CC(N)=O)NC(=O)CNC(C)=O)C(=O)N[C@H](C(=O)N1CCC[C@H]1C(=O)N[C@@H](CC(C)C)C(=O)N1CCC[C@H]1C(=O)NCC(N)=O)[C@@H](C)CC. The van der Waals surface area contributed by atoms with E-state index in [-0.39, 0.29) is 50.4 Å². The minimum absolute atomic E-state index is 0.0946. The normalized spacial score (nSPS) is 18.5. The third kappa shape index (κ3) is 22.4. The second-order valence-electron chi connectivity index (χ2n) is 20.8. The van der Waals surface area contributed by atoms with Gasteiger partial charge in [-0.2, -0.15) is 0 Å². The molecule has 2 fully saturated rings. The topological polar surface area (TPSA) is 426 Å². The van der Waals surface area contributed by atoms with Crippen molar-refractivity contribution in [3.05, 3.63) is 29.8 Å². The number of benzene rings is 1. The number of carbonyl (C=O) groups excluding carboxylic acids is 12. The van der Waals surface area contributed by atoms with Crippen molar-refractivity contribution in [2.45, 2.75) is 161 Å². The van der Waals surface area contributed by atoms with Gasteiger partial charge < -0.3 is 78.3 Å². The number of thiol groups is 1. The van der Waals surface area contributed by atoms with Gasteiger partial charge in [-0.1, -0.05) is 78.8 Å². The first kappa shape index (κ1) is 69.4. The fraction of sp³-hybridized carbons (Fsp3) is 0.627. The summed E-state index contributed by atoms with van der Waals surface area (Å²) in [7, 11) is 0. The second-order valence-corrected chi connectivity index (χ2v) is 25.9. The second kappa shape index (κ2) is 32.7. The van der Waals surface area contributed by atoms with Crippen LogP contribution in [0.5, 0.6) is 5.75 Å². The van der Waals surface area contributed by atoms with Crippen LogP contribution in [0, 0.1) is 17.8 Å². The van der Waals surface area contributed by atoms with Gasteiger partial charge in [0, 0.05) is 26.4 Å². The highest BCUT2D eigenvalue weighted by molar-refractivity contribution is 8.59. The van der Waals surface area contributed by atoms with E-state index in [4.69, 9.17) is 27.8 Å². The minimum atomic E-state index is -3.49. The van der Waals surface area contributed by atoms with E-state index >= 15 is 0 Å². The minimum Gasteiger partial charge on any atom is -0.481 e. The molecule has 0 bridgehead atoms. The van der Waals surface area contributed by atoms with Crippen LogP contribution in [0.4, 0.5) is 0 Å². The fourth-order valence-corrected chi connectivity index (χ4v) is 10.1. The average Bonchev–Trinajstić information content (AvgIpc) is 4.13. The van der Waals surface area contributed by atoms with Crippen molar-refractivity contribution >= 4 is 107 Å². The lowest BCUT2D eigenvalue weighted by Gasteiger charge is -2.34. The molecule has 0 aromatic heterocycles. The Labute approximate surface area is 485 Å². The van der Waals surface area contributed by atoms with Gasteiger partial charge in [-0.25, -0.2) is 0 Å². The van der Waals surface area contributed by atoms with Gasteiger partial charge in [0.1, 0.15) is 54.1 Å². The molecule has 1 aromatic carbocycles. The Morgan fingerprint density at radius 1 is 0.659 bits per heavy atom. The average molecular weight is 1210 g/mol. The number of nitrogens with zero attached hydrogens (tertiary/aromatic N) is 2. The molecule has 2 heterocycles. The summed E-state index contributed by atoms with van der Waals surface area (Å²) in [5.41, 5.74) is 7.37. The number of carboxylic acids is 1. The van der Waals surface area contributed by atoms with Crippen molar-refractivity contribution in [3.8, 4) is 5.75 Å². The van der Waals surface area contributed by atoms with Gasteiger partial charge in [0.15, 0.2) is 0 Å². The molecule has 12 amide bonds. The highest BCUT2D eigenvalue weighted by Crippen LogP contribution is 2.47. The molecule has 28 nitrogen and oxygen atoms in total. The van der Waals surface area contributed by atoms with Gasteiger partial charge in [0.05, 0.1) is 25.9 Å². The Hall–Kier alpha value is -6.91. The van der Waals surface area contributed by atoms with Gasteiger partial charge in [-0.15, -0.1) is 0 Å². The van der Waals surface area contributed by atoms with Crippen LogP contribution in [0.2, 0.25) is 0 Å². The maximum absolute atomic E-state index is 14.7. The van der Waals surface area contributed by atoms with E-state index in [1.807, 2.05) is 13.8 Å². The van der Waals surface area contributed by atoms with Crippen molar-refractivity contribution in [3.63, 3.8) is 0 Å². The molecule has 0 saturated carbocycles. The Morgan fingerprint density at radius 3 is 1.68 bits per heavy atom. The van der Waals surface area contributed by atoms with Crippen LogP contribution in [-0.2, 0) is 80.6 Å². The summed E-state index contributed by atoms with van der Waals surface area (Å²) in [6, 6.07) is -5.44. The molecule has 2 aliphatic rings. The Balaban J connectivity index is 1.96. The van der Waals surface area contributed by atoms with Gasteiger partial charge in [-0.3, -0.25) is 62.3 Å². The molecule has 14 N–H and O–H groups in total. The predicted octanol–water partition coefficient (Wildman–Crippen LogP) is -2.13. The van der Waals surface area contributed by atoms with Crippen molar-refractivity contribution in [1.29, 1.82) is 0 Å². The first-order valence-electron chi connectivity index (χ1n) is 26.9. The quantitative estimate of drug-likeness (QED) is 0.0271. The predicted molar refractivity (Wildman–Crippen MR) is 303 cm³/mol. The first-order chi connectivity index (χ1) is 38.3. The number of likely N-dealkylation sites (tertiary alicyclic amines) is 2. The fourth-order valence-electron chi connectivity index (χ4n) is 9.18. The highest BCUT2D eigenvalue weighted by atomic mass is 32.9. The standard InChI is InChI=1S/C51H79N12O16PS2/c1-8-27(5)42(49(75)61-43(28(6)9-2)51(77)63-19-11-13-37(63)48(74)59-35(20-26(3)4)50(76)62-18-10-12-36(62)47(73)55-24-39(53)66)60-46(72)32(21-30-14-16-31(17-15-30)79-80(78,81)82)57-45(71)34(23-41(68)69)58-44(70)33(22-38(52)65)56-40(67)25-54-29(7)64/h14-17,26-28,32-37,42-43H,8-13,18-25H2,1-7H3,(H2,52,65)(H2,53,66)(H,54,64)(H,55,73)(H,56,67)(H,57,71)(H,58,70)(H,59,74)(H,60,72)(H,61,75)(H,68,69)(H2,78,81,82)/t27-,28-,32-,33-,34-,35-,36-,37-,42-,43-/m0/s1. The molecule has 2 aliphatic heterocycles. The molecule has 1 aromatic rings. The van der Waals surface area contributed by atoms with Crippen molar-refractivity contribution < 1.29 is 76.9 Å². The molecular weight excluding hydrogens is 1130 g/mol. The van der Waals surface area contributed by atoms with Crippen molar-refractivity contribution in [2.24, 2.45) is 29.2 Å². The van der Waals surface area contributed by atoms with Crippen LogP contribution in [0.3, 0.4) is 0 Å². The van der Waals surface area contributed by atoms with Crippen molar-refractivity contribution in [1.82, 2.24) is 52.3 Å². The molecule has 0 aliphatic carbocycles. The first-order valence-corrected chi connectivity index (χ1v) is 30.7. The lowest BCUT2D eigenvalue weighted by molar-refractivity contribution is -0.145. The monoisotopic (exact) mass is 1210 g/mol. The summed E-state index contributed by atoms with van der Waals surface area (Å²) in [4.78, 5) is 185. The van der Waals surface area contributed by atoms with E-state index in [1.54, 1.807) is 27.7 Å². The molecule has 3 rings (SSSR count). The maximum atomic E-state index is 14.7. The van der Waals surface area contributed by atoms with Crippen LogP contribution in [0.1, 0.15) is 112 Å². The van der Waals surface area contributed by atoms with E-state index in [1.165, 1.54) is 34.1 Å². The smallest absolute Gasteiger partial charge is 0.305 e. The Bertz CT molecular complexity index is 2570. The summed E-state index contributed by atoms with van der Waals surface area (Å²) in [5, 5.41) is 29.6. The van der Waals surface area contributed by atoms with Gasteiger partial charge in [-0.05, 0) is 79.4 Å². The summed E-state index contributed by atoms with van der Waals surface area (Å²) in [6.07, 6.45) is -0.00567. The third-order valence-electron chi connectivity index (χ3n) is 13.8. The number of nitrogens with one attached hydrogen (secondary N) is 8. The zero-order valence-corrected chi connectivity index (χ0v) is 49.6. The Kier molecular flexibility index (Phi) is 27.6. The number of primary amides is 2. The van der Waals surface area contributed by atoms with Crippen LogP contribution in [-0.4, -0.2) is 171 Å². The van der Waals surface area contributed by atoms with E-state index in [9.17, 15) is 72.3 Å². The number of rotatable bonds is 32. The van der Waals surface area contributed by atoms with Crippen LogP contribution >= 0.6 is 17.9 Å². The zero-order valence-electron chi connectivity index (χ0n) is 47.0. The lowest BCUT2D eigenvalue weighted by atomic mass is 9.94. The van der Waals surface area contributed by atoms with E-state index in [2.05, 4.69) is 54.8 Å². The highest BCUT2D eigenvalue weighted by Gasteiger charge is 2.44. The summed E-state index contributed by atoms with van der Waals surface area (Å²) >= 11 is 8.73. The number of amides is 12. The molecule has 11 atom stereocenters.